The first-order chi connectivity index (χ1) is 17.2. The SMILES string of the molecule is N=CC(=CN)c1cccc(C(=O)Nc2cc3oc(N4CCCCC4)nc3nc2N2CCCCC2)n1. The molecule has 5 heterocycles. The lowest BCUT2D eigenvalue weighted by atomic mass is 10.1. The molecule has 1 amide bonds. The summed E-state index contributed by atoms with van der Waals surface area (Å²) in [4.78, 5) is 31.5. The number of oxazole rings is 1. The van der Waals surface area contributed by atoms with E-state index in [1.807, 2.05) is 6.07 Å². The number of carbonyl (C=O) groups is 1. The van der Waals surface area contributed by atoms with Crippen molar-refractivity contribution in [3.8, 4) is 0 Å². The lowest BCUT2D eigenvalue weighted by molar-refractivity contribution is 0.102. The van der Waals surface area contributed by atoms with Gasteiger partial charge in [0.25, 0.3) is 11.9 Å². The van der Waals surface area contributed by atoms with E-state index < -0.39 is 0 Å². The third kappa shape index (κ3) is 4.82. The van der Waals surface area contributed by atoms with Gasteiger partial charge in [0.15, 0.2) is 11.4 Å². The molecule has 0 unspecified atom stereocenters. The molecule has 35 heavy (non-hydrogen) atoms. The standard InChI is InChI=1S/C25H30N8O2/c26-15-17(16-27)18-8-7-9-19(28-18)24(34)29-20-14-21-22(30-23(20)32-10-3-1-4-11-32)31-25(35-21)33-12-5-2-6-13-33/h7-9,14-16,26H,1-6,10-13,27H2,(H,29,34). The van der Waals surface area contributed by atoms with Crippen molar-refractivity contribution < 1.29 is 9.21 Å². The molecule has 0 radical (unpaired) electrons. The Hall–Kier alpha value is -3.95. The van der Waals surface area contributed by atoms with Gasteiger partial charge in [-0.25, -0.2) is 9.97 Å². The van der Waals surface area contributed by atoms with E-state index in [0.717, 1.165) is 58.1 Å². The zero-order valence-electron chi connectivity index (χ0n) is 19.7. The van der Waals surface area contributed by atoms with Crippen LogP contribution in [0.15, 0.2) is 34.9 Å². The van der Waals surface area contributed by atoms with Gasteiger partial charge in [-0.15, -0.1) is 0 Å². The summed E-state index contributed by atoms with van der Waals surface area (Å²) in [5, 5.41) is 10.5. The van der Waals surface area contributed by atoms with Crippen molar-refractivity contribution in [1.82, 2.24) is 15.0 Å². The average Bonchev–Trinajstić information content (AvgIpc) is 3.33. The Kier molecular flexibility index (Phi) is 6.60. The number of amides is 1. The molecular weight excluding hydrogens is 444 g/mol. The van der Waals surface area contributed by atoms with Crippen molar-refractivity contribution in [2.75, 3.05) is 41.3 Å². The van der Waals surface area contributed by atoms with E-state index in [9.17, 15) is 4.79 Å². The van der Waals surface area contributed by atoms with Crippen LogP contribution in [0.25, 0.3) is 16.8 Å². The number of nitrogens with one attached hydrogen (secondary N) is 2. The maximum atomic E-state index is 13.2. The molecule has 4 N–H and O–H groups in total. The van der Waals surface area contributed by atoms with Crippen LogP contribution < -0.4 is 20.9 Å². The number of rotatable bonds is 6. The van der Waals surface area contributed by atoms with E-state index in [-0.39, 0.29) is 11.6 Å². The predicted molar refractivity (Wildman–Crippen MR) is 137 cm³/mol. The maximum Gasteiger partial charge on any atom is 0.299 e. The van der Waals surface area contributed by atoms with Crippen molar-refractivity contribution in [3.05, 3.63) is 41.9 Å². The Morgan fingerprint density at radius 3 is 2.34 bits per heavy atom. The Labute approximate surface area is 203 Å². The Balaban J connectivity index is 1.49. The summed E-state index contributed by atoms with van der Waals surface area (Å²) < 4.78 is 6.08. The molecule has 2 fully saturated rings. The second kappa shape index (κ2) is 10.1. The number of nitrogens with zero attached hydrogens (tertiary/aromatic N) is 5. The molecule has 3 aromatic heterocycles. The van der Waals surface area contributed by atoms with Crippen molar-refractivity contribution in [2.24, 2.45) is 5.73 Å². The predicted octanol–water partition coefficient (Wildman–Crippen LogP) is 3.80. The molecule has 10 heteroatoms. The van der Waals surface area contributed by atoms with Gasteiger partial charge in [0.2, 0.25) is 5.65 Å². The van der Waals surface area contributed by atoms with Crippen LogP contribution in [0.5, 0.6) is 0 Å². The lowest BCUT2D eigenvalue weighted by Gasteiger charge is -2.29. The van der Waals surface area contributed by atoms with Crippen LogP contribution in [0.3, 0.4) is 0 Å². The summed E-state index contributed by atoms with van der Waals surface area (Å²) in [6.45, 7) is 3.59. The number of allylic oxidation sites excluding steroid dienone is 1. The minimum Gasteiger partial charge on any atom is -0.422 e. The quantitative estimate of drug-likeness (QED) is 0.459. The van der Waals surface area contributed by atoms with Crippen LogP contribution in [0.1, 0.15) is 54.7 Å². The molecule has 0 aliphatic carbocycles. The lowest BCUT2D eigenvalue weighted by Crippen LogP contribution is -2.31. The number of nitrogens with two attached hydrogens (primary N) is 1. The van der Waals surface area contributed by atoms with Crippen LogP contribution in [0, 0.1) is 5.41 Å². The Morgan fingerprint density at radius 2 is 1.66 bits per heavy atom. The van der Waals surface area contributed by atoms with Gasteiger partial charge in [-0.3, -0.25) is 4.79 Å². The molecule has 0 saturated carbocycles. The topological polar surface area (TPSA) is 137 Å². The largest absolute Gasteiger partial charge is 0.422 e. The second-order valence-electron chi connectivity index (χ2n) is 8.90. The number of hydrogen-bond acceptors (Lipinski definition) is 9. The Morgan fingerprint density at radius 1 is 0.971 bits per heavy atom. The number of aromatic nitrogens is 3. The summed E-state index contributed by atoms with van der Waals surface area (Å²) in [7, 11) is 0. The summed E-state index contributed by atoms with van der Waals surface area (Å²) in [6.07, 6.45) is 9.22. The molecule has 0 bridgehead atoms. The fourth-order valence-electron chi connectivity index (χ4n) is 4.62. The van der Waals surface area contributed by atoms with E-state index in [4.69, 9.17) is 20.5 Å². The van der Waals surface area contributed by atoms with E-state index in [1.165, 1.54) is 19.0 Å². The number of anilines is 3. The van der Waals surface area contributed by atoms with Crippen molar-refractivity contribution >= 4 is 46.4 Å². The maximum absolute atomic E-state index is 13.2. The normalized spacial score (nSPS) is 17.0. The van der Waals surface area contributed by atoms with Gasteiger partial charge in [0, 0.05) is 50.2 Å². The highest BCUT2D eigenvalue weighted by molar-refractivity contribution is 6.09. The van der Waals surface area contributed by atoms with Gasteiger partial charge >= 0.3 is 0 Å². The molecule has 2 saturated heterocycles. The summed E-state index contributed by atoms with van der Waals surface area (Å²) in [5.74, 6) is 0.325. The summed E-state index contributed by atoms with van der Waals surface area (Å²) in [6, 6.07) is 7.47. The van der Waals surface area contributed by atoms with Gasteiger partial charge < -0.3 is 30.7 Å². The second-order valence-corrected chi connectivity index (χ2v) is 8.90. The molecule has 182 valence electrons. The molecule has 0 atom stereocenters. The zero-order chi connectivity index (χ0) is 24.2. The molecule has 3 aromatic rings. The molecule has 5 rings (SSSR count). The van der Waals surface area contributed by atoms with Crippen LogP contribution in [0.2, 0.25) is 0 Å². The average molecular weight is 475 g/mol. The number of pyridine rings is 2. The van der Waals surface area contributed by atoms with Gasteiger partial charge in [-0.05, 0) is 50.7 Å². The number of carbonyl (C=O) groups excluding carboxylic acids is 1. The van der Waals surface area contributed by atoms with Gasteiger partial charge in [0.1, 0.15) is 5.69 Å². The minimum atomic E-state index is -0.372. The van der Waals surface area contributed by atoms with E-state index in [0.29, 0.717) is 40.0 Å². The van der Waals surface area contributed by atoms with Crippen molar-refractivity contribution in [3.63, 3.8) is 0 Å². The first kappa shape index (κ1) is 22.8. The molecular formula is C25H30N8O2. The number of piperidine rings is 2. The van der Waals surface area contributed by atoms with E-state index in [2.05, 4.69) is 25.1 Å². The smallest absolute Gasteiger partial charge is 0.299 e. The third-order valence-corrected chi connectivity index (χ3v) is 6.49. The molecule has 2 aliphatic rings. The van der Waals surface area contributed by atoms with E-state index >= 15 is 0 Å². The van der Waals surface area contributed by atoms with E-state index in [1.54, 1.807) is 18.2 Å². The van der Waals surface area contributed by atoms with Gasteiger partial charge in [-0.1, -0.05) is 6.07 Å². The van der Waals surface area contributed by atoms with Crippen LogP contribution >= 0.6 is 0 Å². The molecule has 0 aromatic carbocycles. The molecule has 0 spiro atoms. The van der Waals surface area contributed by atoms with Crippen molar-refractivity contribution in [1.29, 1.82) is 5.41 Å². The highest BCUT2D eigenvalue weighted by Crippen LogP contribution is 2.33. The first-order valence-electron chi connectivity index (χ1n) is 12.2. The van der Waals surface area contributed by atoms with Crippen molar-refractivity contribution in [2.45, 2.75) is 38.5 Å². The van der Waals surface area contributed by atoms with Gasteiger partial charge in [-0.2, -0.15) is 4.98 Å². The fourth-order valence-corrected chi connectivity index (χ4v) is 4.62. The van der Waals surface area contributed by atoms with Crippen LogP contribution in [-0.2, 0) is 0 Å². The van der Waals surface area contributed by atoms with Crippen LogP contribution in [0.4, 0.5) is 17.5 Å². The highest BCUT2D eigenvalue weighted by Gasteiger charge is 2.23. The molecule has 2 aliphatic heterocycles. The van der Waals surface area contributed by atoms with Gasteiger partial charge in [0.05, 0.1) is 11.4 Å². The third-order valence-electron chi connectivity index (χ3n) is 6.49. The number of hydrogen-bond donors (Lipinski definition) is 3. The fraction of sp³-hybridized carbons (Fsp3) is 0.400. The summed E-state index contributed by atoms with van der Waals surface area (Å²) >= 11 is 0. The summed E-state index contributed by atoms with van der Waals surface area (Å²) in [5.41, 5.74) is 8.36. The molecule has 10 nitrogen and oxygen atoms in total. The highest BCUT2D eigenvalue weighted by atomic mass is 16.4. The zero-order valence-corrected chi connectivity index (χ0v) is 19.7. The minimum absolute atomic E-state index is 0.222. The first-order valence-corrected chi connectivity index (χ1v) is 12.2. The Bertz CT molecular complexity index is 1260. The van der Waals surface area contributed by atoms with Crippen LogP contribution in [-0.4, -0.2) is 53.3 Å². The monoisotopic (exact) mass is 474 g/mol. The number of fused-ring (bicyclic) bond motifs is 1.